The van der Waals surface area contributed by atoms with E-state index in [-0.39, 0.29) is 25.5 Å². The highest BCUT2D eigenvalue weighted by atomic mass is 16.6. The van der Waals surface area contributed by atoms with Crippen LogP contribution in [0.2, 0.25) is 0 Å². The Morgan fingerprint density at radius 2 is 1.96 bits per heavy atom. The lowest BCUT2D eigenvalue weighted by Crippen LogP contribution is -2.43. The fourth-order valence-corrected chi connectivity index (χ4v) is 2.45. The molecule has 0 bridgehead atoms. The van der Waals surface area contributed by atoms with Gasteiger partial charge in [0.15, 0.2) is 6.04 Å². The topological polar surface area (TPSA) is 118 Å². The Labute approximate surface area is 150 Å². The molecule has 1 aromatic heterocycles. The number of aliphatic hydroxyl groups excluding tert-OH is 1. The molecule has 0 aliphatic rings. The molecule has 0 aliphatic carbocycles. The minimum atomic E-state index is -1.34. The number of aliphatic carboxylic acids is 1. The van der Waals surface area contributed by atoms with E-state index in [1.165, 1.54) is 10.9 Å². The van der Waals surface area contributed by atoms with Gasteiger partial charge < -0.3 is 14.9 Å². The summed E-state index contributed by atoms with van der Waals surface area (Å²) < 4.78 is 6.61. The van der Waals surface area contributed by atoms with E-state index < -0.39 is 24.1 Å². The molecule has 0 saturated carbocycles. The summed E-state index contributed by atoms with van der Waals surface area (Å²) in [5, 5.41) is 26.2. The van der Waals surface area contributed by atoms with E-state index in [4.69, 9.17) is 9.84 Å². The third kappa shape index (κ3) is 4.79. The van der Waals surface area contributed by atoms with Gasteiger partial charge in [0.05, 0.1) is 19.3 Å². The van der Waals surface area contributed by atoms with E-state index in [0.29, 0.717) is 0 Å². The van der Waals surface area contributed by atoms with Gasteiger partial charge in [0, 0.05) is 6.04 Å². The van der Waals surface area contributed by atoms with Crippen molar-refractivity contribution in [3.63, 3.8) is 0 Å². The van der Waals surface area contributed by atoms with Crippen molar-refractivity contribution in [2.45, 2.75) is 39.1 Å². The van der Waals surface area contributed by atoms with Crippen LogP contribution in [0.5, 0.6) is 0 Å². The highest BCUT2D eigenvalue weighted by molar-refractivity contribution is 5.81. The molecule has 1 aromatic carbocycles. The number of aliphatic hydroxyl groups is 1. The van der Waals surface area contributed by atoms with Gasteiger partial charge in [0.1, 0.15) is 12.3 Å². The molecule has 0 saturated heterocycles. The van der Waals surface area contributed by atoms with Crippen molar-refractivity contribution >= 4 is 12.1 Å². The summed E-state index contributed by atoms with van der Waals surface area (Å²) in [4.78, 5) is 25.5. The van der Waals surface area contributed by atoms with Gasteiger partial charge >= 0.3 is 12.1 Å². The predicted octanol–water partition coefficient (Wildman–Crippen LogP) is 1.44. The van der Waals surface area contributed by atoms with Crippen LogP contribution in [0.3, 0.4) is 0 Å². The number of amides is 1. The summed E-state index contributed by atoms with van der Waals surface area (Å²) in [7, 11) is 0. The van der Waals surface area contributed by atoms with Gasteiger partial charge in [0.25, 0.3) is 0 Å². The van der Waals surface area contributed by atoms with E-state index in [1.54, 1.807) is 13.8 Å². The van der Waals surface area contributed by atoms with Crippen molar-refractivity contribution in [2.24, 2.45) is 0 Å². The van der Waals surface area contributed by atoms with Gasteiger partial charge in [-0.1, -0.05) is 35.5 Å². The van der Waals surface area contributed by atoms with Crippen LogP contribution in [-0.2, 0) is 22.7 Å². The summed E-state index contributed by atoms with van der Waals surface area (Å²) in [6.07, 6.45) is 0.641. The van der Waals surface area contributed by atoms with Crippen molar-refractivity contribution < 1.29 is 24.5 Å². The Morgan fingerprint density at radius 3 is 2.54 bits per heavy atom. The van der Waals surface area contributed by atoms with Gasteiger partial charge in [0.2, 0.25) is 0 Å². The Bertz CT molecular complexity index is 732. The van der Waals surface area contributed by atoms with Crippen LogP contribution in [0, 0.1) is 0 Å². The van der Waals surface area contributed by atoms with E-state index >= 15 is 0 Å². The minimum Gasteiger partial charge on any atom is -0.479 e. The maximum Gasteiger partial charge on any atom is 0.411 e. The van der Waals surface area contributed by atoms with Gasteiger partial charge in [-0.05, 0) is 19.4 Å². The molecule has 9 nitrogen and oxygen atoms in total. The average molecular weight is 362 g/mol. The largest absolute Gasteiger partial charge is 0.479 e. The predicted molar refractivity (Wildman–Crippen MR) is 91.1 cm³/mol. The van der Waals surface area contributed by atoms with Crippen LogP contribution in [0.15, 0.2) is 36.5 Å². The van der Waals surface area contributed by atoms with Crippen LogP contribution >= 0.6 is 0 Å². The molecule has 140 valence electrons. The summed E-state index contributed by atoms with van der Waals surface area (Å²) in [6, 6.07) is 7.32. The standard InChI is InChI=1S/C17H22N4O5/c1-12(2)21(17(25)26-11-13-6-4-3-5-7-13)15(16(23)24)14-10-20(8-9-22)19-18-14/h3-7,10,12,15,22H,8-9,11H2,1-2H3,(H,23,24). The Morgan fingerprint density at radius 1 is 1.27 bits per heavy atom. The van der Waals surface area contributed by atoms with E-state index in [2.05, 4.69) is 10.3 Å². The third-order valence-corrected chi connectivity index (χ3v) is 3.65. The van der Waals surface area contributed by atoms with Crippen molar-refractivity contribution in [1.29, 1.82) is 0 Å². The van der Waals surface area contributed by atoms with Gasteiger partial charge in [-0.15, -0.1) is 5.10 Å². The van der Waals surface area contributed by atoms with Crippen LogP contribution in [-0.4, -0.2) is 54.8 Å². The van der Waals surface area contributed by atoms with Crippen LogP contribution in [0.4, 0.5) is 4.79 Å². The number of carbonyl (C=O) groups excluding carboxylic acids is 1. The maximum absolute atomic E-state index is 12.6. The molecule has 0 aliphatic heterocycles. The lowest BCUT2D eigenvalue weighted by molar-refractivity contribution is -0.144. The van der Waals surface area contributed by atoms with Gasteiger partial charge in [-0.25, -0.2) is 14.3 Å². The number of benzene rings is 1. The van der Waals surface area contributed by atoms with Gasteiger partial charge in [-0.2, -0.15) is 0 Å². The second-order valence-corrected chi connectivity index (χ2v) is 5.91. The number of hydrogen-bond donors (Lipinski definition) is 2. The zero-order chi connectivity index (χ0) is 19.1. The van der Waals surface area contributed by atoms with Crippen LogP contribution < -0.4 is 0 Å². The first-order valence-electron chi connectivity index (χ1n) is 8.16. The first-order valence-corrected chi connectivity index (χ1v) is 8.16. The van der Waals surface area contributed by atoms with E-state index in [9.17, 15) is 14.7 Å². The molecule has 0 radical (unpaired) electrons. The second kappa shape index (κ2) is 8.95. The van der Waals surface area contributed by atoms with Gasteiger partial charge in [-0.3, -0.25) is 4.90 Å². The van der Waals surface area contributed by atoms with Crippen molar-refractivity contribution in [2.75, 3.05) is 6.61 Å². The molecular weight excluding hydrogens is 340 g/mol. The highest BCUT2D eigenvalue weighted by Crippen LogP contribution is 2.23. The Kier molecular flexibility index (Phi) is 6.67. The summed E-state index contributed by atoms with van der Waals surface area (Å²) in [6.45, 7) is 3.44. The molecule has 0 spiro atoms. The quantitative estimate of drug-likeness (QED) is 0.729. The van der Waals surface area contributed by atoms with E-state index in [0.717, 1.165) is 10.5 Å². The molecule has 1 heterocycles. The smallest absolute Gasteiger partial charge is 0.411 e. The lowest BCUT2D eigenvalue weighted by Gasteiger charge is -2.30. The highest BCUT2D eigenvalue weighted by Gasteiger charge is 2.36. The molecule has 9 heteroatoms. The fraction of sp³-hybridized carbons (Fsp3) is 0.412. The molecular formula is C17H22N4O5. The zero-order valence-electron chi connectivity index (χ0n) is 14.6. The number of aromatic nitrogens is 3. The summed E-state index contributed by atoms with van der Waals surface area (Å²) >= 11 is 0. The normalized spacial score (nSPS) is 12.0. The van der Waals surface area contributed by atoms with E-state index in [1.807, 2.05) is 30.3 Å². The molecule has 1 atom stereocenters. The average Bonchev–Trinajstić information content (AvgIpc) is 3.06. The number of carboxylic acid groups (broad SMARTS) is 1. The number of rotatable bonds is 8. The first-order chi connectivity index (χ1) is 12.4. The number of carboxylic acids is 1. The lowest BCUT2D eigenvalue weighted by atomic mass is 10.1. The first kappa shape index (κ1) is 19.4. The number of carbonyl (C=O) groups is 2. The molecule has 26 heavy (non-hydrogen) atoms. The fourth-order valence-electron chi connectivity index (χ4n) is 2.45. The minimum absolute atomic E-state index is 0.0342. The summed E-state index contributed by atoms with van der Waals surface area (Å²) in [5.74, 6) is -1.24. The van der Waals surface area contributed by atoms with Crippen LogP contribution in [0.25, 0.3) is 0 Å². The molecule has 0 fully saturated rings. The second-order valence-electron chi connectivity index (χ2n) is 5.91. The van der Waals surface area contributed by atoms with Crippen LogP contribution in [0.1, 0.15) is 31.1 Å². The number of ether oxygens (including phenoxy) is 1. The van der Waals surface area contributed by atoms with Crippen molar-refractivity contribution in [3.05, 3.63) is 47.8 Å². The molecule has 1 unspecified atom stereocenters. The molecule has 1 amide bonds. The summed E-state index contributed by atoms with van der Waals surface area (Å²) in [5.41, 5.74) is 0.890. The SMILES string of the molecule is CC(C)N(C(=O)OCc1ccccc1)C(C(=O)O)c1cn(CCO)nn1. The molecule has 2 N–H and O–H groups in total. The molecule has 2 rings (SSSR count). The third-order valence-electron chi connectivity index (χ3n) is 3.65. The monoisotopic (exact) mass is 362 g/mol. The Hall–Kier alpha value is -2.94. The Balaban J connectivity index is 2.20. The zero-order valence-corrected chi connectivity index (χ0v) is 14.6. The molecule has 2 aromatic rings. The maximum atomic E-state index is 12.6. The number of nitrogens with zero attached hydrogens (tertiary/aromatic N) is 4. The van der Waals surface area contributed by atoms with Crippen molar-refractivity contribution in [3.8, 4) is 0 Å². The number of hydrogen-bond acceptors (Lipinski definition) is 6. The van der Waals surface area contributed by atoms with Crippen molar-refractivity contribution in [1.82, 2.24) is 19.9 Å².